The zero-order chi connectivity index (χ0) is 29.8. The molecule has 38 heavy (non-hydrogen) atoms. The first-order valence-electron chi connectivity index (χ1n) is 12.6. The third kappa shape index (κ3) is 19.1. The average Bonchev–Trinajstić information content (AvgIpc) is 3.40. The zero-order valence-electron chi connectivity index (χ0n) is 22.7. The second kappa shape index (κ2) is 20.9. The molecule has 218 valence electrons. The Morgan fingerprint density at radius 3 is 1.68 bits per heavy atom. The number of aliphatic carboxylic acids is 4. The van der Waals surface area contributed by atoms with Gasteiger partial charge in [-0.3, -0.25) is 19.2 Å². The van der Waals surface area contributed by atoms with Crippen molar-refractivity contribution in [2.45, 2.75) is 84.0 Å². The van der Waals surface area contributed by atoms with Crippen molar-refractivity contribution in [1.82, 2.24) is 5.32 Å². The van der Waals surface area contributed by atoms with Crippen LogP contribution in [0.15, 0.2) is 30.3 Å². The van der Waals surface area contributed by atoms with Crippen LogP contribution in [0, 0.1) is 11.8 Å². The molecule has 1 saturated heterocycles. The van der Waals surface area contributed by atoms with Crippen LogP contribution in [0.5, 0.6) is 0 Å². The molecular formula is C26H46N4O8. The van der Waals surface area contributed by atoms with Gasteiger partial charge in [-0.05, 0) is 49.6 Å². The van der Waals surface area contributed by atoms with Gasteiger partial charge in [0, 0.05) is 0 Å². The van der Waals surface area contributed by atoms with E-state index in [1.54, 1.807) is 0 Å². The topological polar surface area (TPSA) is 239 Å². The lowest BCUT2D eigenvalue weighted by Crippen LogP contribution is -2.36. The van der Waals surface area contributed by atoms with E-state index in [4.69, 9.17) is 37.6 Å². The van der Waals surface area contributed by atoms with Crippen LogP contribution in [-0.2, 0) is 25.6 Å². The van der Waals surface area contributed by atoms with Crippen LogP contribution in [0.2, 0.25) is 0 Å². The minimum Gasteiger partial charge on any atom is -0.480 e. The maximum absolute atomic E-state index is 10.4. The van der Waals surface area contributed by atoms with Crippen LogP contribution in [0.4, 0.5) is 0 Å². The summed E-state index contributed by atoms with van der Waals surface area (Å²) in [5.74, 6) is -3.08. The van der Waals surface area contributed by atoms with Crippen LogP contribution < -0.4 is 22.5 Å². The summed E-state index contributed by atoms with van der Waals surface area (Å²) in [4.78, 5) is 40.8. The standard InChI is InChI=1S/C9H11NO2.2C6H13NO2.C5H9NO2/c10-8(9(11)12)6-7-4-2-1-3-5-7;1-4(2)3-5(7)6(8)9;1-3-4(2)5(7)6(8)9;7-5(8)4-2-1-3-6-4/h1-5,8H,6,10H2,(H,11,12);2*4-5H,3,7H2,1-2H3,(H,8,9);4,6H,1-3H2,(H,7,8)/t;;;4-/m...0/s1. The molecule has 12 nitrogen and oxygen atoms in total. The van der Waals surface area contributed by atoms with Gasteiger partial charge in [-0.2, -0.15) is 0 Å². The van der Waals surface area contributed by atoms with Crippen molar-refractivity contribution < 1.29 is 39.6 Å². The summed E-state index contributed by atoms with van der Waals surface area (Å²) in [5, 5.41) is 36.4. The van der Waals surface area contributed by atoms with Gasteiger partial charge in [0.1, 0.15) is 24.2 Å². The van der Waals surface area contributed by atoms with E-state index in [-0.39, 0.29) is 12.0 Å². The molecule has 4 unspecified atom stereocenters. The summed E-state index contributed by atoms with van der Waals surface area (Å²) < 4.78 is 0. The third-order valence-electron chi connectivity index (χ3n) is 5.56. The summed E-state index contributed by atoms with van der Waals surface area (Å²) >= 11 is 0. The fourth-order valence-corrected chi connectivity index (χ4v) is 2.96. The molecule has 2 rings (SSSR count). The van der Waals surface area contributed by atoms with E-state index in [1.165, 1.54) is 0 Å². The van der Waals surface area contributed by atoms with Crippen molar-refractivity contribution in [1.29, 1.82) is 0 Å². The lowest BCUT2D eigenvalue weighted by Gasteiger charge is -2.11. The van der Waals surface area contributed by atoms with Crippen molar-refractivity contribution in [2.24, 2.45) is 29.0 Å². The molecule has 0 spiro atoms. The van der Waals surface area contributed by atoms with E-state index < -0.39 is 42.0 Å². The highest BCUT2D eigenvalue weighted by Gasteiger charge is 2.20. The van der Waals surface area contributed by atoms with Crippen molar-refractivity contribution in [3.63, 3.8) is 0 Å². The third-order valence-corrected chi connectivity index (χ3v) is 5.56. The van der Waals surface area contributed by atoms with Gasteiger partial charge in [-0.15, -0.1) is 0 Å². The first kappa shape index (κ1) is 37.1. The Bertz CT molecular complexity index is 817. The Morgan fingerprint density at radius 1 is 0.895 bits per heavy atom. The Kier molecular flexibility index (Phi) is 20.4. The highest BCUT2D eigenvalue weighted by molar-refractivity contribution is 5.74. The van der Waals surface area contributed by atoms with Gasteiger partial charge in [-0.1, -0.05) is 64.4 Å². The van der Waals surface area contributed by atoms with Crippen molar-refractivity contribution >= 4 is 23.9 Å². The lowest BCUT2D eigenvalue weighted by atomic mass is 10.0. The summed E-state index contributed by atoms with van der Waals surface area (Å²) in [6.45, 7) is 8.51. The number of benzene rings is 1. The van der Waals surface area contributed by atoms with Gasteiger partial charge in [0.25, 0.3) is 0 Å². The Balaban J connectivity index is 0. The number of carbonyl (C=O) groups is 4. The van der Waals surface area contributed by atoms with Crippen molar-refractivity contribution in [3.8, 4) is 0 Å². The quantitative estimate of drug-likeness (QED) is 0.209. The van der Waals surface area contributed by atoms with Gasteiger partial charge in [0.2, 0.25) is 0 Å². The smallest absolute Gasteiger partial charge is 0.320 e. The molecule has 0 saturated carbocycles. The molecule has 1 heterocycles. The maximum atomic E-state index is 10.4. The SMILES string of the molecule is CC(C)CC(N)C(=O)O.CCC(C)C(N)C(=O)O.NC(Cc1ccccc1)C(=O)O.O=C(O)[C@@H]1CCCN1. The molecule has 0 aromatic heterocycles. The second-order valence-corrected chi connectivity index (χ2v) is 9.45. The number of carboxylic acids is 4. The number of rotatable bonds is 10. The second-order valence-electron chi connectivity index (χ2n) is 9.45. The summed E-state index contributed by atoms with van der Waals surface area (Å²) in [5.41, 5.74) is 16.8. The fourth-order valence-electron chi connectivity index (χ4n) is 2.96. The molecule has 5 atom stereocenters. The molecule has 1 aromatic rings. The van der Waals surface area contributed by atoms with Gasteiger partial charge in [0.15, 0.2) is 0 Å². The molecule has 0 amide bonds. The number of carboxylic acid groups (broad SMARTS) is 4. The minimum atomic E-state index is -0.959. The Labute approximate surface area is 224 Å². The molecule has 1 aromatic carbocycles. The molecule has 11 N–H and O–H groups in total. The van der Waals surface area contributed by atoms with Crippen LogP contribution in [-0.4, -0.2) is 75.0 Å². The zero-order valence-corrected chi connectivity index (χ0v) is 22.7. The monoisotopic (exact) mass is 542 g/mol. The molecule has 0 aliphatic carbocycles. The molecular weight excluding hydrogens is 496 g/mol. The normalized spacial score (nSPS) is 17.1. The molecule has 0 radical (unpaired) electrons. The molecule has 1 aliphatic rings. The van der Waals surface area contributed by atoms with Crippen LogP contribution in [0.25, 0.3) is 0 Å². The first-order valence-corrected chi connectivity index (χ1v) is 12.6. The van der Waals surface area contributed by atoms with E-state index in [9.17, 15) is 19.2 Å². The van der Waals surface area contributed by atoms with E-state index in [1.807, 2.05) is 58.0 Å². The first-order chi connectivity index (χ1) is 17.6. The summed E-state index contributed by atoms with van der Waals surface area (Å²) in [6.07, 6.45) is 3.53. The van der Waals surface area contributed by atoms with Gasteiger partial charge in [0.05, 0.1) is 0 Å². The molecule has 1 aliphatic heterocycles. The van der Waals surface area contributed by atoms with Crippen LogP contribution >= 0.6 is 0 Å². The van der Waals surface area contributed by atoms with E-state index in [0.717, 1.165) is 31.4 Å². The fraction of sp³-hybridized carbons (Fsp3) is 0.615. The Morgan fingerprint density at radius 2 is 1.42 bits per heavy atom. The number of nitrogens with one attached hydrogen (secondary N) is 1. The predicted molar refractivity (Wildman–Crippen MR) is 145 cm³/mol. The van der Waals surface area contributed by atoms with Gasteiger partial charge >= 0.3 is 23.9 Å². The van der Waals surface area contributed by atoms with Crippen LogP contribution in [0.3, 0.4) is 0 Å². The average molecular weight is 543 g/mol. The van der Waals surface area contributed by atoms with Gasteiger partial charge < -0.3 is 42.9 Å². The minimum absolute atomic E-state index is 0.0718. The van der Waals surface area contributed by atoms with E-state index in [0.29, 0.717) is 18.8 Å². The predicted octanol–water partition coefficient (Wildman–Crippen LogP) is 1.35. The van der Waals surface area contributed by atoms with Gasteiger partial charge in [-0.25, -0.2) is 0 Å². The van der Waals surface area contributed by atoms with Crippen molar-refractivity contribution in [3.05, 3.63) is 35.9 Å². The van der Waals surface area contributed by atoms with E-state index in [2.05, 4.69) is 5.32 Å². The number of hydrogen-bond acceptors (Lipinski definition) is 8. The Hall–Kier alpha value is -3.06. The molecule has 12 heteroatoms. The lowest BCUT2D eigenvalue weighted by molar-refractivity contribution is -0.140. The molecule has 0 bridgehead atoms. The highest BCUT2D eigenvalue weighted by Crippen LogP contribution is 2.05. The largest absolute Gasteiger partial charge is 0.480 e. The summed E-state index contributed by atoms with van der Waals surface area (Å²) in [7, 11) is 0. The van der Waals surface area contributed by atoms with Crippen molar-refractivity contribution in [2.75, 3.05) is 6.54 Å². The van der Waals surface area contributed by atoms with Crippen LogP contribution in [0.1, 0.15) is 58.9 Å². The maximum Gasteiger partial charge on any atom is 0.320 e. The van der Waals surface area contributed by atoms with E-state index >= 15 is 0 Å². The number of hydrogen-bond donors (Lipinski definition) is 8. The highest BCUT2D eigenvalue weighted by atomic mass is 16.4. The number of nitrogens with two attached hydrogens (primary N) is 3. The summed E-state index contributed by atoms with van der Waals surface area (Å²) in [6, 6.07) is 6.89. The molecule has 1 fully saturated rings.